The first kappa shape index (κ1) is 11.6. The Bertz CT molecular complexity index is 471. The highest BCUT2D eigenvalue weighted by Crippen LogP contribution is 2.29. The van der Waals surface area contributed by atoms with Crippen LogP contribution in [0.5, 0.6) is 5.75 Å². The van der Waals surface area contributed by atoms with Gasteiger partial charge in [-0.05, 0) is 19.1 Å². The number of hydrogen-bond acceptors (Lipinski definition) is 3. The van der Waals surface area contributed by atoms with Gasteiger partial charge in [0.05, 0.1) is 6.61 Å². The summed E-state index contributed by atoms with van der Waals surface area (Å²) in [6.45, 7) is 2.50. The van der Waals surface area contributed by atoms with E-state index >= 15 is 0 Å². The molecule has 1 N–H and O–H groups in total. The van der Waals surface area contributed by atoms with Crippen LogP contribution >= 0.6 is 0 Å². The van der Waals surface area contributed by atoms with Crippen molar-refractivity contribution in [1.29, 1.82) is 0 Å². The van der Waals surface area contributed by atoms with E-state index in [2.05, 4.69) is 4.98 Å². The normalized spacial score (nSPS) is 12.1. The predicted octanol–water partition coefficient (Wildman–Crippen LogP) is 2.56. The van der Waals surface area contributed by atoms with Gasteiger partial charge >= 0.3 is 0 Å². The Labute approximate surface area is 101 Å². The topological polar surface area (TPSA) is 42.4 Å². The van der Waals surface area contributed by atoms with Crippen LogP contribution in [0.2, 0.25) is 0 Å². The summed E-state index contributed by atoms with van der Waals surface area (Å²) in [6.07, 6.45) is 2.64. The van der Waals surface area contributed by atoms with Crippen LogP contribution in [0.4, 0.5) is 0 Å². The van der Waals surface area contributed by atoms with Gasteiger partial charge in [-0.2, -0.15) is 0 Å². The van der Waals surface area contributed by atoms with E-state index < -0.39 is 6.10 Å². The summed E-state index contributed by atoms with van der Waals surface area (Å²) in [5, 5.41) is 10.3. The Morgan fingerprint density at radius 2 is 2.06 bits per heavy atom. The van der Waals surface area contributed by atoms with Crippen molar-refractivity contribution in [2.75, 3.05) is 6.61 Å². The summed E-state index contributed by atoms with van der Waals surface area (Å²) < 4.78 is 5.50. The van der Waals surface area contributed by atoms with Crippen molar-refractivity contribution in [1.82, 2.24) is 4.98 Å². The molecule has 0 aliphatic carbocycles. The van der Waals surface area contributed by atoms with Gasteiger partial charge in [-0.15, -0.1) is 0 Å². The minimum Gasteiger partial charge on any atom is -0.493 e. The predicted molar refractivity (Wildman–Crippen MR) is 65.9 cm³/mol. The highest BCUT2D eigenvalue weighted by Gasteiger charge is 2.14. The molecule has 2 aromatic rings. The molecule has 1 atom stereocenters. The second kappa shape index (κ2) is 5.46. The standard InChI is InChI=1S/C14H15NO2/c1-2-17-13-8-4-3-7-12(13)14(16)11-6-5-9-15-10-11/h3-10,14,16H,2H2,1H3. The quantitative estimate of drug-likeness (QED) is 0.876. The third-order valence-corrected chi connectivity index (χ3v) is 2.51. The van der Waals surface area contributed by atoms with E-state index in [1.807, 2.05) is 43.3 Å². The van der Waals surface area contributed by atoms with Gasteiger partial charge in [0.15, 0.2) is 0 Å². The molecule has 0 bridgehead atoms. The second-order valence-electron chi connectivity index (χ2n) is 3.66. The molecule has 0 radical (unpaired) electrons. The van der Waals surface area contributed by atoms with Crippen molar-refractivity contribution in [3.63, 3.8) is 0 Å². The van der Waals surface area contributed by atoms with Gasteiger partial charge in [0.25, 0.3) is 0 Å². The van der Waals surface area contributed by atoms with Crippen LogP contribution in [-0.4, -0.2) is 16.7 Å². The molecule has 3 heteroatoms. The molecule has 0 spiro atoms. The first-order chi connectivity index (χ1) is 8.33. The Balaban J connectivity index is 2.33. The minimum absolute atomic E-state index is 0.580. The first-order valence-electron chi connectivity index (χ1n) is 5.62. The van der Waals surface area contributed by atoms with Crippen molar-refractivity contribution >= 4 is 0 Å². The van der Waals surface area contributed by atoms with Crippen LogP contribution in [0, 0.1) is 0 Å². The number of aromatic nitrogens is 1. The zero-order valence-electron chi connectivity index (χ0n) is 9.71. The molecule has 0 aliphatic rings. The smallest absolute Gasteiger partial charge is 0.125 e. The average molecular weight is 229 g/mol. The van der Waals surface area contributed by atoms with Gasteiger partial charge in [0.2, 0.25) is 0 Å². The van der Waals surface area contributed by atoms with Gasteiger partial charge in [-0.3, -0.25) is 4.98 Å². The lowest BCUT2D eigenvalue weighted by Crippen LogP contribution is -2.04. The van der Waals surface area contributed by atoms with Gasteiger partial charge in [-0.1, -0.05) is 24.3 Å². The number of ether oxygens (including phenoxy) is 1. The Kier molecular flexibility index (Phi) is 3.73. The van der Waals surface area contributed by atoms with Crippen LogP contribution < -0.4 is 4.74 Å². The Morgan fingerprint density at radius 1 is 1.24 bits per heavy atom. The molecule has 1 unspecified atom stereocenters. The van der Waals surface area contributed by atoms with E-state index in [1.165, 1.54) is 0 Å². The number of aliphatic hydroxyl groups is 1. The van der Waals surface area contributed by atoms with Crippen molar-refractivity contribution in [3.05, 3.63) is 59.9 Å². The van der Waals surface area contributed by atoms with Gasteiger partial charge in [-0.25, -0.2) is 0 Å². The highest BCUT2D eigenvalue weighted by molar-refractivity contribution is 5.39. The van der Waals surface area contributed by atoms with Crippen molar-refractivity contribution in [2.24, 2.45) is 0 Å². The van der Waals surface area contributed by atoms with Crippen molar-refractivity contribution < 1.29 is 9.84 Å². The molecule has 0 amide bonds. The van der Waals surface area contributed by atoms with E-state index in [1.54, 1.807) is 12.4 Å². The van der Waals surface area contributed by atoms with Gasteiger partial charge < -0.3 is 9.84 Å². The summed E-state index contributed by atoms with van der Waals surface area (Å²) in [4.78, 5) is 4.01. The maximum Gasteiger partial charge on any atom is 0.125 e. The lowest BCUT2D eigenvalue weighted by molar-refractivity contribution is 0.211. The number of para-hydroxylation sites is 1. The monoisotopic (exact) mass is 229 g/mol. The third kappa shape index (κ3) is 2.63. The first-order valence-corrected chi connectivity index (χ1v) is 5.62. The number of rotatable bonds is 4. The molecule has 0 saturated carbocycles. The molecule has 1 aromatic carbocycles. The van der Waals surface area contributed by atoms with Crippen molar-refractivity contribution in [3.8, 4) is 5.75 Å². The maximum atomic E-state index is 10.3. The van der Waals surface area contributed by atoms with Gasteiger partial charge in [0.1, 0.15) is 11.9 Å². The lowest BCUT2D eigenvalue weighted by atomic mass is 10.0. The molecule has 1 aromatic heterocycles. The van der Waals surface area contributed by atoms with Crippen LogP contribution in [0.3, 0.4) is 0 Å². The number of nitrogens with zero attached hydrogens (tertiary/aromatic N) is 1. The van der Waals surface area contributed by atoms with E-state index in [4.69, 9.17) is 4.74 Å². The van der Waals surface area contributed by atoms with E-state index in [-0.39, 0.29) is 0 Å². The summed E-state index contributed by atoms with van der Waals surface area (Å²) in [5.41, 5.74) is 1.53. The molecule has 0 saturated heterocycles. The fraction of sp³-hybridized carbons (Fsp3) is 0.214. The number of hydrogen-bond donors (Lipinski definition) is 1. The molecular weight excluding hydrogens is 214 g/mol. The third-order valence-electron chi connectivity index (χ3n) is 2.51. The minimum atomic E-state index is -0.702. The van der Waals surface area contributed by atoms with E-state index in [0.29, 0.717) is 12.4 Å². The average Bonchev–Trinajstić information content (AvgIpc) is 2.40. The Morgan fingerprint density at radius 3 is 2.76 bits per heavy atom. The van der Waals surface area contributed by atoms with E-state index in [9.17, 15) is 5.11 Å². The highest BCUT2D eigenvalue weighted by atomic mass is 16.5. The Hall–Kier alpha value is -1.87. The molecule has 0 fully saturated rings. The largest absolute Gasteiger partial charge is 0.493 e. The summed E-state index contributed by atoms with van der Waals surface area (Å²) in [7, 11) is 0. The van der Waals surface area contributed by atoms with E-state index in [0.717, 1.165) is 11.1 Å². The SMILES string of the molecule is CCOc1ccccc1C(O)c1cccnc1. The van der Waals surface area contributed by atoms with Crippen LogP contribution in [0.1, 0.15) is 24.2 Å². The van der Waals surface area contributed by atoms with Crippen LogP contribution in [0.15, 0.2) is 48.8 Å². The van der Waals surface area contributed by atoms with Crippen molar-refractivity contribution in [2.45, 2.75) is 13.0 Å². The number of benzene rings is 1. The summed E-state index contributed by atoms with van der Waals surface area (Å²) in [5.74, 6) is 0.714. The summed E-state index contributed by atoms with van der Waals surface area (Å²) >= 11 is 0. The maximum absolute atomic E-state index is 10.3. The number of aliphatic hydroxyl groups excluding tert-OH is 1. The fourth-order valence-electron chi connectivity index (χ4n) is 1.71. The van der Waals surface area contributed by atoms with Crippen LogP contribution in [0.25, 0.3) is 0 Å². The molecule has 17 heavy (non-hydrogen) atoms. The molecule has 3 nitrogen and oxygen atoms in total. The molecule has 0 aliphatic heterocycles. The van der Waals surface area contributed by atoms with Gasteiger partial charge in [0, 0.05) is 23.5 Å². The molecular formula is C14H15NO2. The molecule has 2 rings (SSSR count). The lowest BCUT2D eigenvalue weighted by Gasteiger charge is -2.15. The second-order valence-corrected chi connectivity index (χ2v) is 3.66. The number of pyridine rings is 1. The van der Waals surface area contributed by atoms with Crippen LogP contribution in [-0.2, 0) is 0 Å². The molecule has 88 valence electrons. The zero-order chi connectivity index (χ0) is 12.1. The fourth-order valence-corrected chi connectivity index (χ4v) is 1.71. The molecule has 1 heterocycles. The zero-order valence-corrected chi connectivity index (χ0v) is 9.71. The summed E-state index contributed by atoms with van der Waals surface area (Å²) in [6, 6.07) is 11.2.